The van der Waals surface area contributed by atoms with Crippen LogP contribution in [0.15, 0.2) is 42.5 Å². The lowest BCUT2D eigenvalue weighted by Gasteiger charge is -2.08. The quantitative estimate of drug-likeness (QED) is 0.846. The fraction of sp³-hybridized carbons (Fsp3) is 0.167. The maximum Gasteiger partial charge on any atom is 0.268 e. The molecular formula is C12H12O4S. The SMILES string of the molecule is O=S(=O)(O)CCOc1cccc2ccccc12. The van der Waals surface area contributed by atoms with E-state index in [1.54, 1.807) is 6.07 Å². The third-order valence-corrected chi connectivity index (χ3v) is 3.03. The average molecular weight is 252 g/mol. The van der Waals surface area contributed by atoms with Gasteiger partial charge in [-0.15, -0.1) is 0 Å². The third kappa shape index (κ3) is 3.18. The first-order valence-electron chi connectivity index (χ1n) is 5.12. The molecule has 4 nitrogen and oxygen atoms in total. The second-order valence-corrected chi connectivity index (χ2v) is 5.18. The van der Waals surface area contributed by atoms with Crippen LogP contribution in [0.4, 0.5) is 0 Å². The molecule has 2 aromatic carbocycles. The summed E-state index contributed by atoms with van der Waals surface area (Å²) in [6.45, 7) is -0.0627. The van der Waals surface area contributed by atoms with Crippen LogP contribution in [0.2, 0.25) is 0 Å². The topological polar surface area (TPSA) is 63.6 Å². The van der Waals surface area contributed by atoms with Crippen LogP contribution in [0.1, 0.15) is 0 Å². The highest BCUT2D eigenvalue weighted by Crippen LogP contribution is 2.24. The Kier molecular flexibility index (Phi) is 3.31. The second-order valence-electron chi connectivity index (χ2n) is 3.61. The second kappa shape index (κ2) is 4.73. The molecule has 0 saturated heterocycles. The summed E-state index contributed by atoms with van der Waals surface area (Å²) < 4.78 is 35.1. The zero-order valence-electron chi connectivity index (χ0n) is 9.04. The van der Waals surface area contributed by atoms with Gasteiger partial charge in [-0.1, -0.05) is 36.4 Å². The summed E-state index contributed by atoms with van der Waals surface area (Å²) in [6, 6.07) is 13.2. The molecule has 0 fully saturated rings. The smallest absolute Gasteiger partial charge is 0.268 e. The van der Waals surface area contributed by atoms with Crippen molar-refractivity contribution in [1.29, 1.82) is 0 Å². The molecule has 17 heavy (non-hydrogen) atoms. The largest absolute Gasteiger partial charge is 0.492 e. The monoisotopic (exact) mass is 252 g/mol. The van der Waals surface area contributed by atoms with Crippen molar-refractivity contribution in [3.05, 3.63) is 42.5 Å². The fourth-order valence-electron chi connectivity index (χ4n) is 1.58. The first-order chi connectivity index (χ1) is 8.06. The summed E-state index contributed by atoms with van der Waals surface area (Å²) in [4.78, 5) is 0. The molecule has 2 aromatic rings. The fourth-order valence-corrected chi connectivity index (χ4v) is 1.87. The van der Waals surface area contributed by atoms with Crippen molar-refractivity contribution in [2.24, 2.45) is 0 Å². The van der Waals surface area contributed by atoms with Gasteiger partial charge in [-0.3, -0.25) is 4.55 Å². The van der Waals surface area contributed by atoms with E-state index in [9.17, 15) is 8.42 Å². The van der Waals surface area contributed by atoms with Crippen LogP contribution in [0.25, 0.3) is 10.8 Å². The summed E-state index contributed by atoms with van der Waals surface area (Å²) in [5.74, 6) is 0.211. The molecule has 5 heteroatoms. The molecule has 0 bridgehead atoms. The molecule has 0 aromatic heterocycles. The van der Waals surface area contributed by atoms with Gasteiger partial charge >= 0.3 is 0 Å². The van der Waals surface area contributed by atoms with Crippen molar-refractivity contribution >= 4 is 20.9 Å². The van der Waals surface area contributed by atoms with Gasteiger partial charge in [-0.2, -0.15) is 8.42 Å². The molecule has 1 N–H and O–H groups in total. The maximum absolute atomic E-state index is 10.6. The van der Waals surface area contributed by atoms with Crippen LogP contribution < -0.4 is 4.74 Å². The Bertz CT molecular complexity index is 614. The Labute approximate surface area is 99.6 Å². The zero-order valence-corrected chi connectivity index (χ0v) is 9.85. The lowest BCUT2D eigenvalue weighted by atomic mass is 10.1. The van der Waals surface area contributed by atoms with Crippen LogP contribution >= 0.6 is 0 Å². The molecule has 0 heterocycles. The predicted octanol–water partition coefficient (Wildman–Crippen LogP) is 2.11. The van der Waals surface area contributed by atoms with Gasteiger partial charge in [0, 0.05) is 5.39 Å². The van der Waals surface area contributed by atoms with E-state index in [1.807, 2.05) is 36.4 Å². The van der Waals surface area contributed by atoms with Crippen molar-refractivity contribution < 1.29 is 17.7 Å². The molecule has 0 atom stereocenters. The first-order valence-corrected chi connectivity index (χ1v) is 6.73. The Hall–Kier alpha value is -1.59. The molecule has 0 unspecified atom stereocenters. The van der Waals surface area contributed by atoms with E-state index in [0.29, 0.717) is 5.75 Å². The van der Waals surface area contributed by atoms with Crippen LogP contribution in [-0.2, 0) is 10.1 Å². The van der Waals surface area contributed by atoms with Crippen molar-refractivity contribution in [1.82, 2.24) is 0 Å². The number of hydrogen-bond donors (Lipinski definition) is 1. The van der Waals surface area contributed by atoms with Gasteiger partial charge in [0.05, 0.1) is 0 Å². The van der Waals surface area contributed by atoms with Crippen LogP contribution in [-0.4, -0.2) is 25.3 Å². The molecule has 0 aliphatic rings. The summed E-state index contributed by atoms with van der Waals surface area (Å²) in [5.41, 5.74) is 0. The molecule has 0 aliphatic carbocycles. The minimum absolute atomic E-state index is 0.0627. The average Bonchev–Trinajstić information content (AvgIpc) is 2.28. The standard InChI is InChI=1S/C12H12O4S/c13-17(14,15)9-8-16-12-7-3-5-10-4-1-2-6-11(10)12/h1-7H,8-9H2,(H,13,14,15). The van der Waals surface area contributed by atoms with Gasteiger partial charge in [-0.05, 0) is 11.5 Å². The van der Waals surface area contributed by atoms with E-state index in [4.69, 9.17) is 9.29 Å². The Morgan fingerprint density at radius 1 is 1.06 bits per heavy atom. The number of benzene rings is 2. The molecule has 0 radical (unpaired) electrons. The molecule has 0 saturated carbocycles. The molecule has 0 aliphatic heterocycles. The van der Waals surface area contributed by atoms with Crippen LogP contribution in [0.5, 0.6) is 5.75 Å². The highest BCUT2D eigenvalue weighted by Gasteiger charge is 2.06. The van der Waals surface area contributed by atoms with Gasteiger partial charge in [-0.25, -0.2) is 0 Å². The maximum atomic E-state index is 10.6. The summed E-state index contributed by atoms with van der Waals surface area (Å²) in [6.07, 6.45) is 0. The van der Waals surface area contributed by atoms with E-state index in [1.165, 1.54) is 0 Å². The van der Waals surface area contributed by atoms with Crippen molar-refractivity contribution in [3.63, 3.8) is 0 Å². The van der Waals surface area contributed by atoms with Gasteiger partial charge in [0.1, 0.15) is 18.1 Å². The van der Waals surface area contributed by atoms with Crippen molar-refractivity contribution in [2.45, 2.75) is 0 Å². The van der Waals surface area contributed by atoms with E-state index in [-0.39, 0.29) is 6.61 Å². The van der Waals surface area contributed by atoms with E-state index in [2.05, 4.69) is 0 Å². The minimum atomic E-state index is -3.97. The molecular weight excluding hydrogens is 240 g/mol. The van der Waals surface area contributed by atoms with Gasteiger partial charge < -0.3 is 4.74 Å². The van der Waals surface area contributed by atoms with E-state index >= 15 is 0 Å². The summed E-state index contributed by atoms with van der Waals surface area (Å²) in [5, 5.41) is 1.95. The number of ether oxygens (including phenoxy) is 1. The van der Waals surface area contributed by atoms with E-state index in [0.717, 1.165) is 10.8 Å². The summed E-state index contributed by atoms with van der Waals surface area (Å²) in [7, 11) is -3.97. The predicted molar refractivity (Wildman–Crippen MR) is 65.9 cm³/mol. The lowest BCUT2D eigenvalue weighted by Crippen LogP contribution is -2.12. The number of hydrogen-bond acceptors (Lipinski definition) is 3. The Balaban J connectivity index is 2.19. The van der Waals surface area contributed by atoms with Crippen LogP contribution in [0.3, 0.4) is 0 Å². The molecule has 90 valence electrons. The molecule has 0 spiro atoms. The zero-order chi connectivity index (χ0) is 12.3. The normalized spacial score (nSPS) is 11.6. The van der Waals surface area contributed by atoms with Crippen molar-refractivity contribution in [3.8, 4) is 5.75 Å². The molecule has 2 rings (SSSR count). The van der Waals surface area contributed by atoms with Crippen LogP contribution in [0, 0.1) is 0 Å². The van der Waals surface area contributed by atoms with Gasteiger partial charge in [0.15, 0.2) is 0 Å². The Morgan fingerprint density at radius 2 is 1.76 bits per heavy atom. The summed E-state index contributed by atoms with van der Waals surface area (Å²) >= 11 is 0. The number of fused-ring (bicyclic) bond motifs is 1. The third-order valence-electron chi connectivity index (χ3n) is 2.35. The minimum Gasteiger partial charge on any atom is -0.492 e. The van der Waals surface area contributed by atoms with Gasteiger partial charge in [0.25, 0.3) is 10.1 Å². The highest BCUT2D eigenvalue weighted by atomic mass is 32.2. The first kappa shape index (κ1) is 11.9. The molecule has 0 amide bonds. The van der Waals surface area contributed by atoms with Crippen molar-refractivity contribution in [2.75, 3.05) is 12.4 Å². The number of rotatable bonds is 4. The van der Waals surface area contributed by atoms with E-state index < -0.39 is 15.9 Å². The Morgan fingerprint density at radius 3 is 2.53 bits per heavy atom. The van der Waals surface area contributed by atoms with Gasteiger partial charge in [0.2, 0.25) is 0 Å². The highest BCUT2D eigenvalue weighted by molar-refractivity contribution is 7.85. The lowest BCUT2D eigenvalue weighted by molar-refractivity contribution is 0.339.